The van der Waals surface area contributed by atoms with Gasteiger partial charge in [-0.1, -0.05) is 112 Å². The Morgan fingerprint density at radius 1 is 0.484 bits per heavy atom. The van der Waals surface area contributed by atoms with E-state index in [9.17, 15) is 29.4 Å². The number of amides is 4. The summed E-state index contributed by atoms with van der Waals surface area (Å²) in [4.78, 5) is 55.3. The Hall–Kier alpha value is -6.18. The molecule has 0 aliphatic heterocycles. The van der Waals surface area contributed by atoms with E-state index >= 15 is 0 Å². The summed E-state index contributed by atoms with van der Waals surface area (Å²) in [7, 11) is 0. The van der Waals surface area contributed by atoms with E-state index < -0.39 is 71.8 Å². The second kappa shape index (κ2) is 21.9. The highest BCUT2D eigenvalue weighted by atomic mass is 35.5. The standard InChI is InChI=1S/C50H52Cl2N4O8/c1-29(2)43(55-47(59)41-25-23-39(63-41)33-15-19-35(51)20-16-33)49(61)53-37(27-31-11-7-5-8-12-31)45(57)46(58)38(28-32-13-9-6-10-14-32)54-50(62)44(30(3)4)56-48(60)42-26-24-40(64-42)34-17-21-36(52)22-18-34/h5-26,29-30,37-38,43-46,57-58H,27-28H2,1-4H3,(H,53,61)(H,54,62)(H,55,59)(H,56,60)/t37-,38-,43-,44-,45+,46+/m0/s1. The molecule has 0 saturated carbocycles. The molecule has 0 radical (unpaired) electrons. The van der Waals surface area contributed by atoms with Gasteiger partial charge in [0.05, 0.1) is 12.1 Å². The summed E-state index contributed by atoms with van der Waals surface area (Å²) in [6.07, 6.45) is -3.11. The maximum Gasteiger partial charge on any atom is 0.287 e. The molecule has 0 unspecified atom stereocenters. The number of benzene rings is 4. The van der Waals surface area contributed by atoms with E-state index in [1.54, 1.807) is 88.4 Å². The van der Waals surface area contributed by atoms with Gasteiger partial charge in [-0.2, -0.15) is 0 Å². The smallest absolute Gasteiger partial charge is 0.287 e. The Balaban J connectivity index is 1.21. The van der Waals surface area contributed by atoms with Crippen LogP contribution in [0, 0.1) is 11.8 Å². The third-order valence-electron chi connectivity index (χ3n) is 10.8. The molecule has 0 aliphatic carbocycles. The highest BCUT2D eigenvalue weighted by Gasteiger charge is 2.38. The molecule has 6 atom stereocenters. The molecule has 0 spiro atoms. The lowest BCUT2D eigenvalue weighted by molar-refractivity contribution is -0.129. The fourth-order valence-electron chi connectivity index (χ4n) is 7.22. The molecule has 0 bridgehead atoms. The Bertz CT molecular complexity index is 2300. The first kappa shape index (κ1) is 47.3. The normalized spacial score (nSPS) is 14.2. The van der Waals surface area contributed by atoms with E-state index in [-0.39, 0.29) is 24.4 Å². The number of carbonyl (C=O) groups is 4. The van der Waals surface area contributed by atoms with Gasteiger partial charge in [0.1, 0.15) is 35.8 Å². The zero-order chi connectivity index (χ0) is 45.9. The summed E-state index contributed by atoms with van der Waals surface area (Å²) >= 11 is 12.1. The number of carbonyl (C=O) groups excluding carboxylic acids is 4. The molecule has 334 valence electrons. The van der Waals surface area contributed by atoms with Crippen LogP contribution in [0.1, 0.15) is 59.9 Å². The lowest BCUT2D eigenvalue weighted by Gasteiger charge is -2.35. The molecule has 6 rings (SSSR count). The van der Waals surface area contributed by atoms with Crippen molar-refractivity contribution in [2.24, 2.45) is 11.8 Å². The fourth-order valence-corrected chi connectivity index (χ4v) is 7.48. The van der Waals surface area contributed by atoms with E-state index in [1.807, 2.05) is 60.7 Å². The Labute approximate surface area is 382 Å². The molecule has 0 aliphatic rings. The van der Waals surface area contributed by atoms with E-state index in [4.69, 9.17) is 32.0 Å². The zero-order valence-corrected chi connectivity index (χ0v) is 37.3. The maximum atomic E-state index is 14.2. The topological polar surface area (TPSA) is 183 Å². The lowest BCUT2D eigenvalue weighted by atomic mass is 9.90. The Morgan fingerprint density at radius 3 is 1.16 bits per heavy atom. The number of aliphatic hydroxyl groups is 2. The van der Waals surface area contributed by atoms with Crippen LogP contribution in [0.3, 0.4) is 0 Å². The van der Waals surface area contributed by atoms with Crippen LogP contribution >= 0.6 is 23.2 Å². The number of hydrogen-bond acceptors (Lipinski definition) is 8. The first-order valence-electron chi connectivity index (χ1n) is 21.0. The third kappa shape index (κ3) is 12.5. The average molecular weight is 908 g/mol. The van der Waals surface area contributed by atoms with Gasteiger partial charge >= 0.3 is 0 Å². The minimum Gasteiger partial charge on any atom is -0.451 e. The van der Waals surface area contributed by atoms with Crippen molar-refractivity contribution in [2.45, 2.75) is 76.9 Å². The first-order valence-corrected chi connectivity index (χ1v) is 21.8. The number of aliphatic hydroxyl groups excluding tert-OH is 2. The SMILES string of the molecule is CC(C)[C@H](NC(=O)c1ccc(-c2ccc(Cl)cc2)o1)C(=O)N[C@@H](Cc1ccccc1)[C@@H](O)[C@H](O)[C@H](Cc1ccccc1)NC(=O)[C@@H](NC(=O)c1ccc(-c2ccc(Cl)cc2)o1)C(C)C. The van der Waals surface area contributed by atoms with Crippen molar-refractivity contribution in [3.8, 4) is 22.6 Å². The van der Waals surface area contributed by atoms with Gasteiger partial charge in [-0.05, 0) is 109 Å². The minimum atomic E-state index is -1.64. The molecular weight excluding hydrogens is 855 g/mol. The molecule has 2 heterocycles. The molecule has 2 aromatic heterocycles. The summed E-state index contributed by atoms with van der Waals surface area (Å²) in [5.74, 6) is -2.43. The van der Waals surface area contributed by atoms with Crippen molar-refractivity contribution >= 4 is 46.8 Å². The van der Waals surface area contributed by atoms with Crippen molar-refractivity contribution in [1.29, 1.82) is 0 Å². The van der Waals surface area contributed by atoms with Crippen LogP contribution in [0.25, 0.3) is 22.6 Å². The van der Waals surface area contributed by atoms with Crippen molar-refractivity contribution in [3.63, 3.8) is 0 Å². The van der Waals surface area contributed by atoms with Gasteiger partial charge in [0.25, 0.3) is 11.8 Å². The predicted octanol–water partition coefficient (Wildman–Crippen LogP) is 7.90. The quantitative estimate of drug-likeness (QED) is 0.0474. The Morgan fingerprint density at radius 2 is 0.828 bits per heavy atom. The largest absolute Gasteiger partial charge is 0.451 e. The van der Waals surface area contributed by atoms with Crippen LogP contribution in [0.2, 0.25) is 10.0 Å². The van der Waals surface area contributed by atoms with Crippen molar-refractivity contribution in [3.05, 3.63) is 166 Å². The van der Waals surface area contributed by atoms with E-state index in [0.717, 1.165) is 11.1 Å². The van der Waals surface area contributed by atoms with Crippen molar-refractivity contribution < 1.29 is 38.2 Å². The molecule has 64 heavy (non-hydrogen) atoms. The van der Waals surface area contributed by atoms with Crippen LogP contribution in [-0.4, -0.2) is 70.2 Å². The number of furan rings is 2. The first-order chi connectivity index (χ1) is 30.7. The molecule has 14 heteroatoms. The molecular formula is C50H52Cl2N4O8. The molecule has 6 N–H and O–H groups in total. The average Bonchev–Trinajstić information content (AvgIpc) is 3.99. The lowest BCUT2D eigenvalue weighted by Crippen LogP contribution is -2.61. The molecule has 4 amide bonds. The fraction of sp³-hybridized carbons (Fsp3) is 0.280. The summed E-state index contributed by atoms with van der Waals surface area (Å²) in [6, 6.07) is 34.1. The molecule has 6 aromatic rings. The van der Waals surface area contributed by atoms with Crippen molar-refractivity contribution in [1.82, 2.24) is 21.3 Å². The van der Waals surface area contributed by atoms with Crippen LogP contribution in [-0.2, 0) is 22.4 Å². The molecule has 12 nitrogen and oxygen atoms in total. The van der Waals surface area contributed by atoms with Gasteiger partial charge in [0, 0.05) is 21.2 Å². The highest BCUT2D eigenvalue weighted by Crippen LogP contribution is 2.26. The van der Waals surface area contributed by atoms with Crippen molar-refractivity contribution in [2.75, 3.05) is 0 Å². The summed E-state index contributed by atoms with van der Waals surface area (Å²) < 4.78 is 11.7. The zero-order valence-electron chi connectivity index (χ0n) is 35.8. The van der Waals surface area contributed by atoms with Gasteiger partial charge in [-0.25, -0.2) is 0 Å². The Kier molecular flexibility index (Phi) is 16.2. The van der Waals surface area contributed by atoms with Crippen LogP contribution in [0.5, 0.6) is 0 Å². The van der Waals surface area contributed by atoms with Crippen LogP contribution in [0.15, 0.2) is 142 Å². The van der Waals surface area contributed by atoms with Gasteiger partial charge in [0.15, 0.2) is 11.5 Å². The number of hydrogen-bond donors (Lipinski definition) is 6. The summed E-state index contributed by atoms with van der Waals surface area (Å²) in [5, 5.41) is 36.6. The highest BCUT2D eigenvalue weighted by molar-refractivity contribution is 6.30. The molecule has 4 aromatic carbocycles. The predicted molar refractivity (Wildman–Crippen MR) is 247 cm³/mol. The van der Waals surface area contributed by atoms with E-state index in [2.05, 4.69) is 21.3 Å². The van der Waals surface area contributed by atoms with E-state index in [1.165, 1.54) is 12.1 Å². The second-order valence-corrected chi connectivity index (χ2v) is 17.2. The van der Waals surface area contributed by atoms with Gasteiger partial charge in [-0.3, -0.25) is 19.2 Å². The third-order valence-corrected chi connectivity index (χ3v) is 11.3. The summed E-state index contributed by atoms with van der Waals surface area (Å²) in [6.45, 7) is 7.07. The summed E-state index contributed by atoms with van der Waals surface area (Å²) in [5.41, 5.74) is 2.92. The van der Waals surface area contributed by atoms with Crippen LogP contribution < -0.4 is 21.3 Å². The van der Waals surface area contributed by atoms with Gasteiger partial charge in [-0.15, -0.1) is 0 Å². The van der Waals surface area contributed by atoms with Crippen LogP contribution in [0.4, 0.5) is 0 Å². The number of rotatable bonds is 19. The van der Waals surface area contributed by atoms with Gasteiger partial charge < -0.3 is 40.3 Å². The molecule has 0 saturated heterocycles. The minimum absolute atomic E-state index is 0.0121. The second-order valence-electron chi connectivity index (χ2n) is 16.3. The molecule has 0 fully saturated rings. The maximum absolute atomic E-state index is 14.2. The monoisotopic (exact) mass is 906 g/mol. The number of halogens is 2. The van der Waals surface area contributed by atoms with Gasteiger partial charge in [0.2, 0.25) is 11.8 Å². The number of nitrogens with one attached hydrogen (secondary N) is 4. The van der Waals surface area contributed by atoms with E-state index in [0.29, 0.717) is 32.7 Å².